The minimum atomic E-state index is -0.270. The summed E-state index contributed by atoms with van der Waals surface area (Å²) in [7, 11) is 0. The predicted octanol–water partition coefficient (Wildman–Crippen LogP) is 5.75. The molecule has 1 aromatic heterocycles. The molecule has 32 heavy (non-hydrogen) atoms. The van der Waals surface area contributed by atoms with Gasteiger partial charge in [0.1, 0.15) is 18.4 Å². The number of ketones is 1. The largest absolute Gasteiger partial charge is 0.489 e. The standard InChI is InChI=1S/C24H23BrN4O2S/c1-2-32-24-27-23-26-19-4-3-5-20(30)21(19)22(29(23)28-24)16-8-12-18(13-9-16)31-14-15-6-10-17(25)11-7-15/h6-13,22H,2-5,14H2,1H3,(H,26,27,28). The van der Waals surface area contributed by atoms with Crippen molar-refractivity contribution in [1.82, 2.24) is 14.8 Å². The lowest BCUT2D eigenvalue weighted by molar-refractivity contribution is -0.116. The van der Waals surface area contributed by atoms with E-state index in [0.29, 0.717) is 19.0 Å². The van der Waals surface area contributed by atoms with Crippen molar-refractivity contribution in [3.05, 3.63) is 75.4 Å². The molecule has 1 unspecified atom stereocenters. The number of nitrogens with zero attached hydrogens (tertiary/aromatic N) is 3. The second-order valence-electron chi connectivity index (χ2n) is 7.78. The first-order chi connectivity index (χ1) is 15.6. The average Bonchev–Trinajstić information content (AvgIpc) is 3.20. The van der Waals surface area contributed by atoms with E-state index in [1.807, 2.05) is 53.2 Å². The average molecular weight is 511 g/mol. The van der Waals surface area contributed by atoms with E-state index in [1.54, 1.807) is 11.8 Å². The Hall–Kier alpha value is -2.58. The van der Waals surface area contributed by atoms with Crippen LogP contribution in [0, 0.1) is 0 Å². The van der Waals surface area contributed by atoms with E-state index >= 15 is 0 Å². The van der Waals surface area contributed by atoms with Gasteiger partial charge >= 0.3 is 0 Å². The van der Waals surface area contributed by atoms with E-state index in [2.05, 4.69) is 33.2 Å². The molecule has 0 saturated carbocycles. The van der Waals surface area contributed by atoms with Gasteiger partial charge < -0.3 is 10.1 Å². The number of rotatable bonds is 6. The summed E-state index contributed by atoms with van der Waals surface area (Å²) in [5.74, 6) is 2.57. The van der Waals surface area contributed by atoms with Crippen LogP contribution in [0.4, 0.5) is 5.95 Å². The van der Waals surface area contributed by atoms with E-state index in [9.17, 15) is 4.79 Å². The molecule has 0 amide bonds. The molecule has 6 nitrogen and oxygen atoms in total. The lowest BCUT2D eigenvalue weighted by Crippen LogP contribution is -2.31. The number of carbonyl (C=O) groups excluding carboxylic acids is 1. The molecule has 0 saturated heterocycles. The maximum absolute atomic E-state index is 12.9. The summed E-state index contributed by atoms with van der Waals surface area (Å²) < 4.78 is 8.87. The molecular formula is C24H23BrN4O2S. The van der Waals surface area contributed by atoms with Gasteiger partial charge in [-0.15, -0.1) is 5.10 Å². The maximum Gasteiger partial charge on any atom is 0.227 e. The molecule has 0 spiro atoms. The highest BCUT2D eigenvalue weighted by atomic mass is 79.9. The van der Waals surface area contributed by atoms with Gasteiger partial charge in [0.05, 0.1) is 0 Å². The summed E-state index contributed by atoms with van der Waals surface area (Å²) >= 11 is 5.05. The van der Waals surface area contributed by atoms with Crippen molar-refractivity contribution in [3.8, 4) is 5.75 Å². The van der Waals surface area contributed by atoms with Crippen LogP contribution in [0.3, 0.4) is 0 Å². The van der Waals surface area contributed by atoms with Gasteiger partial charge in [0, 0.05) is 22.2 Å². The van der Waals surface area contributed by atoms with Gasteiger partial charge in [0.2, 0.25) is 11.1 Å². The van der Waals surface area contributed by atoms with Crippen molar-refractivity contribution in [1.29, 1.82) is 0 Å². The zero-order valence-electron chi connectivity index (χ0n) is 17.7. The summed E-state index contributed by atoms with van der Waals surface area (Å²) in [6, 6.07) is 15.8. The van der Waals surface area contributed by atoms with Crippen LogP contribution in [0.15, 0.2) is 69.4 Å². The summed E-state index contributed by atoms with van der Waals surface area (Å²) in [4.78, 5) is 17.6. The normalized spacial score (nSPS) is 17.6. The first kappa shape index (κ1) is 21.3. The minimum Gasteiger partial charge on any atom is -0.489 e. The zero-order chi connectivity index (χ0) is 22.1. The van der Waals surface area contributed by atoms with Crippen molar-refractivity contribution in [2.45, 2.75) is 44.0 Å². The van der Waals surface area contributed by atoms with Gasteiger partial charge in [0.15, 0.2) is 5.78 Å². The number of Topliss-reactive ketones (excluding diaryl/α,β-unsaturated/α-hetero) is 1. The lowest BCUT2D eigenvalue weighted by Gasteiger charge is -2.32. The number of benzene rings is 2. The molecule has 1 aliphatic heterocycles. The lowest BCUT2D eigenvalue weighted by atomic mass is 9.85. The van der Waals surface area contributed by atoms with Gasteiger partial charge in [-0.3, -0.25) is 4.79 Å². The fourth-order valence-electron chi connectivity index (χ4n) is 4.13. The molecule has 1 aliphatic carbocycles. The number of allylic oxidation sites excluding steroid dienone is 2. The fraction of sp³-hybridized carbons (Fsp3) is 0.292. The molecular weight excluding hydrogens is 488 g/mol. The molecule has 5 rings (SSSR count). The number of aromatic nitrogens is 3. The Balaban J connectivity index is 1.43. The highest BCUT2D eigenvalue weighted by Crippen LogP contribution is 2.40. The number of fused-ring (bicyclic) bond motifs is 1. The molecule has 0 radical (unpaired) electrons. The number of hydrogen-bond acceptors (Lipinski definition) is 6. The summed E-state index contributed by atoms with van der Waals surface area (Å²) in [5.41, 5.74) is 3.90. The highest BCUT2D eigenvalue weighted by molar-refractivity contribution is 9.10. The Morgan fingerprint density at radius 1 is 1.16 bits per heavy atom. The Bertz CT molecular complexity index is 1170. The Kier molecular flexibility index (Phi) is 6.06. The first-order valence-corrected chi connectivity index (χ1v) is 12.5. The topological polar surface area (TPSA) is 69.0 Å². The quantitative estimate of drug-likeness (QED) is 0.425. The van der Waals surface area contributed by atoms with Crippen LogP contribution in [-0.2, 0) is 11.4 Å². The number of hydrogen-bond donors (Lipinski definition) is 1. The molecule has 3 aromatic rings. The Morgan fingerprint density at radius 2 is 1.94 bits per heavy atom. The third kappa shape index (κ3) is 4.21. The minimum absolute atomic E-state index is 0.185. The molecule has 0 fully saturated rings. The van der Waals surface area contributed by atoms with E-state index < -0.39 is 0 Å². The zero-order valence-corrected chi connectivity index (χ0v) is 20.1. The van der Waals surface area contributed by atoms with Crippen LogP contribution < -0.4 is 10.1 Å². The van der Waals surface area contributed by atoms with Crippen LogP contribution in [0.5, 0.6) is 5.75 Å². The van der Waals surface area contributed by atoms with Crippen LogP contribution in [0.2, 0.25) is 0 Å². The number of ether oxygens (including phenoxy) is 1. The van der Waals surface area contributed by atoms with Crippen LogP contribution in [-0.4, -0.2) is 26.3 Å². The van der Waals surface area contributed by atoms with Gasteiger partial charge in [-0.25, -0.2) is 4.68 Å². The summed E-state index contributed by atoms with van der Waals surface area (Å²) in [6.07, 6.45) is 2.30. The van der Waals surface area contributed by atoms with E-state index in [-0.39, 0.29) is 11.8 Å². The third-order valence-electron chi connectivity index (χ3n) is 5.64. The SMILES string of the molecule is CCSc1nc2n(n1)C(c1ccc(OCc3ccc(Br)cc3)cc1)C1=C(CCCC1=O)N2. The van der Waals surface area contributed by atoms with Gasteiger partial charge in [-0.2, -0.15) is 4.98 Å². The number of halogens is 1. The Morgan fingerprint density at radius 3 is 2.69 bits per heavy atom. The number of thioether (sulfide) groups is 1. The smallest absolute Gasteiger partial charge is 0.227 e. The molecule has 0 bridgehead atoms. The number of anilines is 1. The van der Waals surface area contributed by atoms with E-state index in [1.165, 1.54) is 0 Å². The summed E-state index contributed by atoms with van der Waals surface area (Å²) in [5, 5.41) is 8.81. The van der Waals surface area contributed by atoms with Gasteiger partial charge in [-0.05, 0) is 54.0 Å². The number of carbonyl (C=O) groups is 1. The van der Waals surface area contributed by atoms with Crippen LogP contribution >= 0.6 is 27.7 Å². The molecule has 164 valence electrons. The molecule has 2 aliphatic rings. The Labute approximate surface area is 199 Å². The molecule has 1 atom stereocenters. The predicted molar refractivity (Wildman–Crippen MR) is 129 cm³/mol. The second kappa shape index (κ2) is 9.11. The molecule has 1 N–H and O–H groups in total. The van der Waals surface area contributed by atoms with E-state index in [4.69, 9.17) is 9.84 Å². The van der Waals surface area contributed by atoms with Gasteiger partial charge in [0.25, 0.3) is 0 Å². The molecule has 2 aromatic carbocycles. The number of nitrogens with one attached hydrogen (secondary N) is 1. The highest BCUT2D eigenvalue weighted by Gasteiger charge is 2.36. The van der Waals surface area contributed by atoms with Crippen molar-refractivity contribution in [3.63, 3.8) is 0 Å². The summed E-state index contributed by atoms with van der Waals surface area (Å²) in [6.45, 7) is 2.58. The second-order valence-corrected chi connectivity index (χ2v) is 9.92. The van der Waals surface area contributed by atoms with Crippen molar-refractivity contribution in [2.24, 2.45) is 0 Å². The monoisotopic (exact) mass is 510 g/mol. The maximum atomic E-state index is 12.9. The molecule has 2 heterocycles. The van der Waals surface area contributed by atoms with Gasteiger partial charge in [-0.1, -0.05) is 58.9 Å². The first-order valence-electron chi connectivity index (χ1n) is 10.7. The van der Waals surface area contributed by atoms with Crippen LogP contribution in [0.25, 0.3) is 0 Å². The third-order valence-corrected chi connectivity index (χ3v) is 6.89. The van der Waals surface area contributed by atoms with Crippen molar-refractivity contribution in [2.75, 3.05) is 11.1 Å². The molecule has 8 heteroatoms. The van der Waals surface area contributed by atoms with Crippen molar-refractivity contribution >= 4 is 39.4 Å². The fourth-order valence-corrected chi connectivity index (χ4v) is 4.95. The van der Waals surface area contributed by atoms with E-state index in [0.717, 1.165) is 56.4 Å². The van der Waals surface area contributed by atoms with Crippen molar-refractivity contribution < 1.29 is 9.53 Å². The van der Waals surface area contributed by atoms with Crippen LogP contribution in [0.1, 0.15) is 43.4 Å².